The summed E-state index contributed by atoms with van der Waals surface area (Å²) in [5.41, 5.74) is 5.25. The highest BCUT2D eigenvalue weighted by atomic mass is 35.5. The minimum Gasteiger partial charge on any atom is -0.469 e. The van der Waals surface area contributed by atoms with Crippen LogP contribution in [-0.4, -0.2) is 18.1 Å². The normalized spacial score (nSPS) is 10.7. The van der Waals surface area contributed by atoms with Crippen LogP contribution in [0.2, 0.25) is 5.02 Å². The van der Waals surface area contributed by atoms with Crippen LogP contribution in [0.15, 0.2) is 6.20 Å². The molecule has 0 aliphatic heterocycles. The van der Waals surface area contributed by atoms with E-state index in [1.807, 2.05) is 0 Å². The predicted molar refractivity (Wildman–Crippen MR) is 57.8 cm³/mol. The van der Waals surface area contributed by atoms with E-state index in [0.29, 0.717) is 5.56 Å². The van der Waals surface area contributed by atoms with Crippen molar-refractivity contribution in [3.63, 3.8) is 0 Å². The number of aromatic nitrogens is 1. The number of alkyl halides is 2. The fourth-order valence-electron chi connectivity index (χ4n) is 1.30. The van der Waals surface area contributed by atoms with E-state index in [1.165, 1.54) is 13.3 Å². The first-order chi connectivity index (χ1) is 8.01. The van der Waals surface area contributed by atoms with Crippen LogP contribution < -0.4 is 5.73 Å². The highest BCUT2D eigenvalue weighted by Crippen LogP contribution is 2.29. The molecule has 1 rings (SSSR count). The summed E-state index contributed by atoms with van der Waals surface area (Å²) in [6, 6.07) is 0. The van der Waals surface area contributed by atoms with Gasteiger partial charge in [-0.1, -0.05) is 11.6 Å². The average Bonchev–Trinajstić information content (AvgIpc) is 2.30. The molecule has 0 saturated heterocycles. The number of pyridine rings is 1. The van der Waals surface area contributed by atoms with E-state index in [1.54, 1.807) is 0 Å². The standard InChI is InChI=1S/C10H11ClF2N2O2/c1-17-7(16)2-6-8(11)5(3-14)4-15-9(6)10(12)13/h4,10H,2-3,14H2,1H3. The first kappa shape index (κ1) is 13.8. The van der Waals surface area contributed by atoms with Crippen LogP contribution in [0.4, 0.5) is 8.78 Å². The lowest BCUT2D eigenvalue weighted by atomic mass is 10.1. The number of rotatable bonds is 4. The molecule has 0 unspecified atom stereocenters. The molecule has 0 spiro atoms. The highest BCUT2D eigenvalue weighted by molar-refractivity contribution is 6.32. The van der Waals surface area contributed by atoms with Crippen LogP contribution >= 0.6 is 11.6 Å². The lowest BCUT2D eigenvalue weighted by Gasteiger charge is -2.11. The first-order valence-corrected chi connectivity index (χ1v) is 5.10. The largest absolute Gasteiger partial charge is 0.469 e. The van der Waals surface area contributed by atoms with Gasteiger partial charge in [-0.25, -0.2) is 8.78 Å². The molecule has 0 radical (unpaired) electrons. The molecular weight excluding hydrogens is 254 g/mol. The molecule has 17 heavy (non-hydrogen) atoms. The lowest BCUT2D eigenvalue weighted by molar-refractivity contribution is -0.139. The number of methoxy groups -OCH3 is 1. The van der Waals surface area contributed by atoms with Gasteiger partial charge in [-0.2, -0.15) is 0 Å². The fourth-order valence-corrected chi connectivity index (χ4v) is 1.59. The Bertz CT molecular complexity index is 427. The van der Waals surface area contributed by atoms with Crippen LogP contribution in [-0.2, 0) is 22.5 Å². The van der Waals surface area contributed by atoms with Gasteiger partial charge in [-0.05, 0) is 0 Å². The van der Waals surface area contributed by atoms with Crippen molar-refractivity contribution in [2.45, 2.75) is 19.4 Å². The molecule has 1 aromatic heterocycles. The van der Waals surface area contributed by atoms with Gasteiger partial charge in [-0.3, -0.25) is 9.78 Å². The average molecular weight is 265 g/mol. The van der Waals surface area contributed by atoms with E-state index < -0.39 is 18.1 Å². The zero-order chi connectivity index (χ0) is 13.0. The summed E-state index contributed by atoms with van der Waals surface area (Å²) in [6.45, 7) is 0.0591. The Morgan fingerprint density at radius 3 is 2.76 bits per heavy atom. The smallest absolute Gasteiger partial charge is 0.310 e. The second-order valence-corrected chi connectivity index (χ2v) is 3.60. The van der Waals surface area contributed by atoms with Crippen molar-refractivity contribution in [2.75, 3.05) is 7.11 Å². The third kappa shape index (κ3) is 3.10. The Labute approximate surface area is 102 Å². The molecule has 0 atom stereocenters. The van der Waals surface area contributed by atoms with Crippen molar-refractivity contribution in [3.05, 3.63) is 28.0 Å². The number of hydrogen-bond donors (Lipinski definition) is 1. The zero-order valence-corrected chi connectivity index (χ0v) is 9.80. The second-order valence-electron chi connectivity index (χ2n) is 3.22. The number of esters is 1. The van der Waals surface area contributed by atoms with Crippen molar-refractivity contribution in [2.24, 2.45) is 5.73 Å². The van der Waals surface area contributed by atoms with E-state index in [-0.39, 0.29) is 23.6 Å². The van der Waals surface area contributed by atoms with Gasteiger partial charge in [0.25, 0.3) is 6.43 Å². The van der Waals surface area contributed by atoms with Crippen molar-refractivity contribution in [1.29, 1.82) is 0 Å². The summed E-state index contributed by atoms with van der Waals surface area (Å²) in [4.78, 5) is 14.7. The molecule has 4 nitrogen and oxygen atoms in total. The number of ether oxygens (including phenoxy) is 1. The lowest BCUT2D eigenvalue weighted by Crippen LogP contribution is -2.11. The molecule has 1 aromatic rings. The summed E-state index contributed by atoms with van der Waals surface area (Å²) in [7, 11) is 1.17. The van der Waals surface area contributed by atoms with Gasteiger partial charge < -0.3 is 10.5 Å². The van der Waals surface area contributed by atoms with Gasteiger partial charge in [0.05, 0.1) is 18.6 Å². The molecule has 0 amide bonds. The van der Waals surface area contributed by atoms with Crippen LogP contribution in [0.3, 0.4) is 0 Å². The monoisotopic (exact) mass is 264 g/mol. The van der Waals surface area contributed by atoms with Crippen LogP contribution in [0.25, 0.3) is 0 Å². The molecule has 7 heteroatoms. The molecule has 1 heterocycles. The molecule has 94 valence electrons. The Kier molecular flexibility index (Phi) is 4.77. The Balaban J connectivity index is 3.24. The quantitative estimate of drug-likeness (QED) is 0.843. The number of nitrogens with zero attached hydrogens (tertiary/aromatic N) is 1. The third-order valence-corrected chi connectivity index (χ3v) is 2.66. The van der Waals surface area contributed by atoms with Crippen molar-refractivity contribution < 1.29 is 18.3 Å². The third-order valence-electron chi connectivity index (χ3n) is 2.19. The molecule has 0 aliphatic rings. The van der Waals surface area contributed by atoms with Crippen molar-refractivity contribution in [1.82, 2.24) is 4.98 Å². The van der Waals surface area contributed by atoms with Gasteiger partial charge in [0.1, 0.15) is 5.69 Å². The van der Waals surface area contributed by atoms with E-state index >= 15 is 0 Å². The zero-order valence-electron chi connectivity index (χ0n) is 9.04. The Hall–Kier alpha value is -1.27. The summed E-state index contributed by atoms with van der Waals surface area (Å²) in [5.74, 6) is -0.662. The number of halogens is 3. The number of nitrogens with two attached hydrogens (primary N) is 1. The second kappa shape index (κ2) is 5.88. The van der Waals surface area contributed by atoms with Gasteiger partial charge in [0.2, 0.25) is 0 Å². The molecule has 0 aromatic carbocycles. The number of hydrogen-bond acceptors (Lipinski definition) is 4. The van der Waals surface area contributed by atoms with Gasteiger partial charge >= 0.3 is 5.97 Å². The van der Waals surface area contributed by atoms with E-state index in [9.17, 15) is 13.6 Å². The Morgan fingerprint density at radius 1 is 1.65 bits per heavy atom. The fraction of sp³-hybridized carbons (Fsp3) is 0.400. The minimum atomic E-state index is -2.81. The van der Waals surface area contributed by atoms with Crippen molar-refractivity contribution in [3.8, 4) is 0 Å². The van der Waals surface area contributed by atoms with E-state index in [0.717, 1.165) is 0 Å². The predicted octanol–water partition coefficient (Wildman–Crippen LogP) is 1.85. The molecular formula is C10H11ClF2N2O2. The SMILES string of the molecule is COC(=O)Cc1c(C(F)F)ncc(CN)c1Cl. The number of carbonyl (C=O) groups is 1. The maximum atomic E-state index is 12.7. The topological polar surface area (TPSA) is 65.2 Å². The van der Waals surface area contributed by atoms with Gasteiger partial charge in [-0.15, -0.1) is 0 Å². The summed E-state index contributed by atoms with van der Waals surface area (Å²) in [6.07, 6.45) is -1.97. The number of carbonyl (C=O) groups excluding carboxylic acids is 1. The van der Waals surface area contributed by atoms with E-state index in [4.69, 9.17) is 17.3 Å². The molecule has 2 N–H and O–H groups in total. The molecule has 0 fully saturated rings. The van der Waals surface area contributed by atoms with Crippen LogP contribution in [0, 0.1) is 0 Å². The van der Waals surface area contributed by atoms with Gasteiger partial charge in [0.15, 0.2) is 0 Å². The summed E-state index contributed by atoms with van der Waals surface area (Å²) < 4.78 is 29.8. The van der Waals surface area contributed by atoms with Gasteiger partial charge in [0, 0.05) is 23.9 Å². The maximum Gasteiger partial charge on any atom is 0.310 e. The van der Waals surface area contributed by atoms with Crippen LogP contribution in [0.1, 0.15) is 23.2 Å². The summed E-state index contributed by atoms with van der Waals surface area (Å²) in [5, 5.41) is 0.0446. The minimum absolute atomic E-state index is 0.0310. The molecule has 0 aliphatic carbocycles. The van der Waals surface area contributed by atoms with E-state index in [2.05, 4.69) is 9.72 Å². The Morgan fingerprint density at radius 2 is 2.29 bits per heavy atom. The highest BCUT2D eigenvalue weighted by Gasteiger charge is 2.21. The molecule has 0 saturated carbocycles. The molecule has 0 bridgehead atoms. The summed E-state index contributed by atoms with van der Waals surface area (Å²) >= 11 is 5.90. The van der Waals surface area contributed by atoms with Crippen LogP contribution in [0.5, 0.6) is 0 Å². The first-order valence-electron chi connectivity index (χ1n) is 4.72. The maximum absolute atomic E-state index is 12.7. The van der Waals surface area contributed by atoms with Crippen molar-refractivity contribution >= 4 is 17.6 Å².